The van der Waals surface area contributed by atoms with Crippen LogP contribution in [0.3, 0.4) is 0 Å². The molecule has 5 nitrogen and oxygen atoms in total. The Morgan fingerprint density at radius 1 is 1.35 bits per heavy atom. The number of ether oxygens (including phenoxy) is 1. The molecular weight excluding hydrogens is 252 g/mol. The summed E-state index contributed by atoms with van der Waals surface area (Å²) in [7, 11) is 0. The Balaban J connectivity index is 2.28. The van der Waals surface area contributed by atoms with Crippen molar-refractivity contribution >= 4 is 10.9 Å². The van der Waals surface area contributed by atoms with Gasteiger partial charge in [-0.2, -0.15) is 5.10 Å². The summed E-state index contributed by atoms with van der Waals surface area (Å²) in [5.74, 6) is 5.67. The number of fused-ring (bicyclic) bond motifs is 1. The molecule has 0 amide bonds. The number of hydrazine groups is 1. The molecule has 0 bridgehead atoms. The zero-order valence-corrected chi connectivity index (χ0v) is 12.5. The number of hydrogen-bond donors (Lipinski definition) is 2. The zero-order valence-electron chi connectivity index (χ0n) is 12.5. The Kier molecular flexibility index (Phi) is 5.11. The van der Waals surface area contributed by atoms with Crippen molar-refractivity contribution < 1.29 is 4.74 Å². The van der Waals surface area contributed by atoms with Gasteiger partial charge >= 0.3 is 0 Å². The van der Waals surface area contributed by atoms with E-state index in [2.05, 4.69) is 24.5 Å². The van der Waals surface area contributed by atoms with E-state index in [0.717, 1.165) is 18.7 Å². The van der Waals surface area contributed by atoms with E-state index in [0.29, 0.717) is 6.61 Å². The van der Waals surface area contributed by atoms with Crippen LogP contribution in [0.2, 0.25) is 0 Å². The number of benzene rings is 1. The van der Waals surface area contributed by atoms with Crippen molar-refractivity contribution in [3.8, 4) is 0 Å². The van der Waals surface area contributed by atoms with Gasteiger partial charge < -0.3 is 4.74 Å². The molecule has 0 saturated carbocycles. The first kappa shape index (κ1) is 15.0. The van der Waals surface area contributed by atoms with Crippen LogP contribution in [0.5, 0.6) is 0 Å². The number of aromatic nitrogens is 2. The topological polar surface area (TPSA) is 65.1 Å². The number of aryl methyl sites for hydroxylation is 1. The highest BCUT2D eigenvalue weighted by Gasteiger charge is 2.20. The first-order valence-corrected chi connectivity index (χ1v) is 7.23. The first-order chi connectivity index (χ1) is 9.71. The lowest BCUT2D eigenvalue weighted by molar-refractivity contribution is 0.0474. The second-order valence-corrected chi connectivity index (χ2v) is 4.92. The Morgan fingerprint density at radius 3 is 2.75 bits per heavy atom. The summed E-state index contributed by atoms with van der Waals surface area (Å²) in [6, 6.07) is 8.36. The van der Waals surface area contributed by atoms with Crippen molar-refractivity contribution in [1.29, 1.82) is 0 Å². The van der Waals surface area contributed by atoms with Crippen molar-refractivity contribution in [2.24, 2.45) is 5.84 Å². The second-order valence-electron chi connectivity index (χ2n) is 4.92. The van der Waals surface area contributed by atoms with E-state index >= 15 is 0 Å². The molecule has 0 spiro atoms. The molecule has 1 aromatic heterocycles. The molecule has 20 heavy (non-hydrogen) atoms. The van der Waals surface area contributed by atoms with Gasteiger partial charge in [-0.25, -0.2) is 0 Å². The highest BCUT2D eigenvalue weighted by atomic mass is 16.5. The Hall–Kier alpha value is -1.43. The summed E-state index contributed by atoms with van der Waals surface area (Å²) in [5.41, 5.74) is 5.09. The predicted octanol–water partition coefficient (Wildman–Crippen LogP) is 1.86. The van der Waals surface area contributed by atoms with Crippen molar-refractivity contribution in [2.75, 3.05) is 6.61 Å². The summed E-state index contributed by atoms with van der Waals surface area (Å²) >= 11 is 0. The van der Waals surface area contributed by atoms with Gasteiger partial charge in [-0.15, -0.1) is 0 Å². The zero-order chi connectivity index (χ0) is 14.5. The minimum absolute atomic E-state index is 0.0514. The molecule has 2 rings (SSSR count). The van der Waals surface area contributed by atoms with E-state index in [1.165, 1.54) is 10.9 Å². The minimum atomic E-state index is 0.0514. The molecule has 110 valence electrons. The fourth-order valence-electron chi connectivity index (χ4n) is 2.54. The number of hydrogen-bond acceptors (Lipinski definition) is 4. The number of para-hydroxylation sites is 1. The summed E-state index contributed by atoms with van der Waals surface area (Å²) < 4.78 is 7.67. The third-order valence-corrected chi connectivity index (χ3v) is 3.66. The number of nitrogens with one attached hydrogen (secondary N) is 1. The van der Waals surface area contributed by atoms with Crippen molar-refractivity contribution in [1.82, 2.24) is 15.2 Å². The maximum atomic E-state index is 5.67. The quantitative estimate of drug-likeness (QED) is 0.598. The molecule has 2 unspecified atom stereocenters. The molecule has 0 aliphatic carbocycles. The molecular formula is C15H24N4O. The van der Waals surface area contributed by atoms with Crippen molar-refractivity contribution in [2.45, 2.75) is 45.9 Å². The normalized spacial score (nSPS) is 14.6. The molecule has 0 saturated heterocycles. The van der Waals surface area contributed by atoms with E-state index in [1.807, 2.05) is 30.7 Å². The monoisotopic (exact) mass is 276 g/mol. The molecule has 2 atom stereocenters. The van der Waals surface area contributed by atoms with Gasteiger partial charge in [-0.1, -0.05) is 18.2 Å². The van der Waals surface area contributed by atoms with Gasteiger partial charge in [0, 0.05) is 25.0 Å². The van der Waals surface area contributed by atoms with Crippen LogP contribution in [-0.2, 0) is 17.7 Å². The SMILES string of the molecule is CCOC(C)C(Cc1nn(CC)c2ccccc12)NN. The third kappa shape index (κ3) is 3.00. The molecule has 3 N–H and O–H groups in total. The molecule has 0 aliphatic heterocycles. The molecule has 0 fully saturated rings. The Morgan fingerprint density at radius 2 is 2.10 bits per heavy atom. The lowest BCUT2D eigenvalue weighted by atomic mass is 10.0. The van der Waals surface area contributed by atoms with Crippen LogP contribution < -0.4 is 11.3 Å². The van der Waals surface area contributed by atoms with Gasteiger partial charge in [0.1, 0.15) is 0 Å². The molecule has 5 heteroatoms. The minimum Gasteiger partial charge on any atom is -0.377 e. The fourth-order valence-corrected chi connectivity index (χ4v) is 2.54. The smallest absolute Gasteiger partial charge is 0.0720 e. The average molecular weight is 276 g/mol. The Bertz CT molecular complexity index is 552. The fraction of sp³-hybridized carbons (Fsp3) is 0.533. The molecule has 1 aromatic carbocycles. The van der Waals surface area contributed by atoms with Crippen molar-refractivity contribution in [3.63, 3.8) is 0 Å². The van der Waals surface area contributed by atoms with Gasteiger partial charge in [0.2, 0.25) is 0 Å². The Labute approximate surface area is 120 Å². The van der Waals surface area contributed by atoms with E-state index in [-0.39, 0.29) is 12.1 Å². The standard InChI is InChI=1S/C15H24N4O/c1-4-19-15-9-7-6-8-12(15)14(18-19)10-13(17-16)11(3)20-5-2/h6-9,11,13,17H,4-5,10,16H2,1-3H3. The largest absolute Gasteiger partial charge is 0.377 e. The molecule has 2 aromatic rings. The van der Waals surface area contributed by atoms with Gasteiger partial charge in [0.15, 0.2) is 0 Å². The lowest BCUT2D eigenvalue weighted by Crippen LogP contribution is -2.45. The highest BCUT2D eigenvalue weighted by molar-refractivity contribution is 5.82. The predicted molar refractivity (Wildman–Crippen MR) is 81.3 cm³/mol. The summed E-state index contributed by atoms with van der Waals surface area (Å²) in [5, 5.41) is 5.90. The molecule has 0 radical (unpaired) electrons. The molecule has 0 aliphatic rings. The maximum Gasteiger partial charge on any atom is 0.0720 e. The summed E-state index contributed by atoms with van der Waals surface area (Å²) in [4.78, 5) is 0. The van der Waals surface area contributed by atoms with Crippen LogP contribution in [0.15, 0.2) is 24.3 Å². The van der Waals surface area contributed by atoms with Gasteiger partial charge in [-0.05, 0) is 26.8 Å². The van der Waals surface area contributed by atoms with Crippen LogP contribution in [0, 0.1) is 0 Å². The van der Waals surface area contributed by atoms with Crippen LogP contribution >= 0.6 is 0 Å². The number of nitrogens with zero attached hydrogens (tertiary/aromatic N) is 2. The molecule has 1 heterocycles. The van der Waals surface area contributed by atoms with Crippen LogP contribution in [-0.4, -0.2) is 28.5 Å². The van der Waals surface area contributed by atoms with Crippen molar-refractivity contribution in [3.05, 3.63) is 30.0 Å². The maximum absolute atomic E-state index is 5.67. The van der Waals surface area contributed by atoms with E-state index < -0.39 is 0 Å². The van der Waals surface area contributed by atoms with Crippen LogP contribution in [0.25, 0.3) is 10.9 Å². The van der Waals surface area contributed by atoms with E-state index in [1.54, 1.807) is 0 Å². The second kappa shape index (κ2) is 6.83. The number of nitrogens with two attached hydrogens (primary N) is 1. The van der Waals surface area contributed by atoms with Gasteiger partial charge in [-0.3, -0.25) is 16.0 Å². The summed E-state index contributed by atoms with van der Waals surface area (Å²) in [6.45, 7) is 7.68. The highest BCUT2D eigenvalue weighted by Crippen LogP contribution is 2.20. The summed E-state index contributed by atoms with van der Waals surface area (Å²) in [6.07, 6.45) is 0.807. The third-order valence-electron chi connectivity index (χ3n) is 3.66. The first-order valence-electron chi connectivity index (χ1n) is 7.23. The average Bonchev–Trinajstić information content (AvgIpc) is 2.83. The van der Waals surface area contributed by atoms with Gasteiger partial charge in [0.05, 0.1) is 23.4 Å². The van der Waals surface area contributed by atoms with E-state index in [4.69, 9.17) is 15.7 Å². The van der Waals surface area contributed by atoms with Gasteiger partial charge in [0.25, 0.3) is 0 Å². The van der Waals surface area contributed by atoms with Crippen LogP contribution in [0.4, 0.5) is 0 Å². The number of rotatable bonds is 7. The van der Waals surface area contributed by atoms with E-state index in [9.17, 15) is 0 Å². The van der Waals surface area contributed by atoms with Crippen LogP contribution in [0.1, 0.15) is 26.5 Å². The lowest BCUT2D eigenvalue weighted by Gasteiger charge is -2.22.